The Bertz CT molecular complexity index is 663. The Morgan fingerprint density at radius 2 is 2.15 bits per heavy atom. The van der Waals surface area contributed by atoms with Crippen LogP contribution in [0.15, 0.2) is 11.2 Å². The number of aromatic nitrogens is 4. The predicted octanol–water partition coefficient (Wildman–Crippen LogP) is 0.734. The summed E-state index contributed by atoms with van der Waals surface area (Å²) in [7, 11) is -3.73. The van der Waals surface area contributed by atoms with Crippen molar-refractivity contribution in [3.05, 3.63) is 16.8 Å². The van der Waals surface area contributed by atoms with Crippen molar-refractivity contribution < 1.29 is 8.42 Å². The predicted molar refractivity (Wildman–Crippen MR) is 76.1 cm³/mol. The number of aromatic amines is 1. The molecule has 0 atom stereocenters. The average molecular weight is 316 g/mol. The van der Waals surface area contributed by atoms with Gasteiger partial charge in [0.15, 0.2) is 5.03 Å². The highest BCUT2D eigenvalue weighted by atomic mass is 32.2. The molecule has 0 fully saturated rings. The molecule has 0 radical (unpaired) electrons. The highest BCUT2D eigenvalue weighted by molar-refractivity contribution is 7.92. The lowest BCUT2D eigenvalue weighted by molar-refractivity contribution is 0.594. The van der Waals surface area contributed by atoms with Crippen LogP contribution in [0, 0.1) is 0 Å². The number of H-pyrrole nitrogens is 1. The Balaban J connectivity index is 2.19. The van der Waals surface area contributed by atoms with Crippen molar-refractivity contribution >= 4 is 26.5 Å². The molecule has 2 heterocycles. The van der Waals surface area contributed by atoms with Crippen LogP contribution in [0.5, 0.6) is 0 Å². The van der Waals surface area contributed by atoms with Gasteiger partial charge in [-0.3, -0.25) is 9.82 Å². The van der Waals surface area contributed by atoms with Crippen molar-refractivity contribution in [1.82, 2.24) is 25.7 Å². The molecule has 3 N–H and O–H groups in total. The zero-order valence-electron chi connectivity index (χ0n) is 11.2. The van der Waals surface area contributed by atoms with E-state index in [0.717, 1.165) is 18.0 Å². The van der Waals surface area contributed by atoms with Crippen LogP contribution in [0.1, 0.15) is 24.4 Å². The van der Waals surface area contributed by atoms with Gasteiger partial charge in [-0.25, -0.2) is 0 Å². The molecule has 0 aliphatic rings. The summed E-state index contributed by atoms with van der Waals surface area (Å²) in [6, 6.07) is 0. The summed E-state index contributed by atoms with van der Waals surface area (Å²) in [6.07, 6.45) is 2.21. The molecule has 0 unspecified atom stereocenters. The minimum Gasteiger partial charge on any atom is -0.313 e. The van der Waals surface area contributed by atoms with Gasteiger partial charge in [0.2, 0.25) is 5.13 Å². The highest BCUT2D eigenvalue weighted by Gasteiger charge is 2.22. The fourth-order valence-electron chi connectivity index (χ4n) is 1.52. The molecule has 0 aromatic carbocycles. The Labute approximate surface area is 121 Å². The lowest BCUT2D eigenvalue weighted by atomic mass is 10.3. The molecule has 0 spiro atoms. The molecule has 0 aliphatic carbocycles. The monoisotopic (exact) mass is 316 g/mol. The van der Waals surface area contributed by atoms with Gasteiger partial charge in [-0.1, -0.05) is 25.2 Å². The van der Waals surface area contributed by atoms with Gasteiger partial charge in [0.25, 0.3) is 10.0 Å². The first-order chi connectivity index (χ1) is 9.56. The van der Waals surface area contributed by atoms with Gasteiger partial charge in [-0.2, -0.15) is 13.5 Å². The Hall–Kier alpha value is -1.52. The Kier molecular flexibility index (Phi) is 4.68. The van der Waals surface area contributed by atoms with Crippen LogP contribution in [-0.2, 0) is 23.0 Å². The zero-order chi connectivity index (χ0) is 14.6. The first-order valence-corrected chi connectivity index (χ1v) is 8.45. The van der Waals surface area contributed by atoms with E-state index in [1.54, 1.807) is 0 Å². The number of hydrogen-bond acceptors (Lipinski definition) is 7. The van der Waals surface area contributed by atoms with E-state index in [4.69, 9.17) is 0 Å². The molecule has 2 rings (SSSR count). The topological polar surface area (TPSA) is 113 Å². The molecule has 10 heteroatoms. The molecule has 2 aromatic rings. The van der Waals surface area contributed by atoms with Crippen LogP contribution < -0.4 is 10.0 Å². The molecule has 0 amide bonds. The second-order valence-electron chi connectivity index (χ2n) is 3.96. The number of nitrogens with one attached hydrogen (secondary N) is 3. The Morgan fingerprint density at radius 3 is 2.80 bits per heavy atom. The SMILES string of the molecule is CCNCc1cn[nH]c1S(=O)(=O)Nc1nnc(CC)s1. The van der Waals surface area contributed by atoms with E-state index in [9.17, 15) is 8.42 Å². The third-order valence-electron chi connectivity index (χ3n) is 2.50. The fraction of sp³-hybridized carbons (Fsp3) is 0.500. The van der Waals surface area contributed by atoms with Crippen LogP contribution in [-0.4, -0.2) is 35.4 Å². The van der Waals surface area contributed by atoms with Crippen molar-refractivity contribution in [1.29, 1.82) is 0 Å². The number of nitrogens with zero attached hydrogens (tertiary/aromatic N) is 3. The summed E-state index contributed by atoms with van der Waals surface area (Å²) in [5, 5.41) is 18.1. The highest BCUT2D eigenvalue weighted by Crippen LogP contribution is 2.20. The van der Waals surface area contributed by atoms with E-state index in [1.807, 2.05) is 13.8 Å². The summed E-state index contributed by atoms with van der Waals surface area (Å²) in [4.78, 5) is 0. The van der Waals surface area contributed by atoms with Crippen molar-refractivity contribution in [2.24, 2.45) is 0 Å². The van der Waals surface area contributed by atoms with Crippen molar-refractivity contribution in [3.63, 3.8) is 0 Å². The van der Waals surface area contributed by atoms with Crippen LogP contribution in [0.2, 0.25) is 0 Å². The van der Waals surface area contributed by atoms with E-state index in [0.29, 0.717) is 12.1 Å². The van der Waals surface area contributed by atoms with Crippen LogP contribution >= 0.6 is 11.3 Å². The van der Waals surface area contributed by atoms with Crippen molar-refractivity contribution in [3.8, 4) is 0 Å². The van der Waals surface area contributed by atoms with E-state index in [2.05, 4.69) is 30.4 Å². The van der Waals surface area contributed by atoms with E-state index in [1.165, 1.54) is 17.5 Å². The van der Waals surface area contributed by atoms with Gasteiger partial charge in [0.05, 0.1) is 6.20 Å². The van der Waals surface area contributed by atoms with Crippen LogP contribution in [0.4, 0.5) is 5.13 Å². The molecular weight excluding hydrogens is 300 g/mol. The molecule has 0 aliphatic heterocycles. The van der Waals surface area contributed by atoms with Gasteiger partial charge < -0.3 is 5.32 Å². The van der Waals surface area contributed by atoms with E-state index in [-0.39, 0.29) is 10.2 Å². The molecule has 0 bridgehead atoms. The molecule has 8 nitrogen and oxygen atoms in total. The largest absolute Gasteiger partial charge is 0.313 e. The smallest absolute Gasteiger partial charge is 0.280 e. The second kappa shape index (κ2) is 6.29. The summed E-state index contributed by atoms with van der Waals surface area (Å²) in [5.41, 5.74) is 0.583. The number of hydrogen-bond donors (Lipinski definition) is 3. The summed E-state index contributed by atoms with van der Waals surface area (Å²) in [6.45, 7) is 5.05. The first-order valence-electron chi connectivity index (χ1n) is 6.15. The minimum atomic E-state index is -3.73. The summed E-state index contributed by atoms with van der Waals surface area (Å²) in [5.74, 6) is 0. The van der Waals surface area contributed by atoms with Gasteiger partial charge in [-0.15, -0.1) is 10.2 Å². The van der Waals surface area contributed by atoms with E-state index < -0.39 is 10.0 Å². The lowest BCUT2D eigenvalue weighted by Gasteiger charge is -2.05. The normalized spacial score (nSPS) is 11.7. The van der Waals surface area contributed by atoms with E-state index >= 15 is 0 Å². The van der Waals surface area contributed by atoms with Gasteiger partial charge in [0.1, 0.15) is 5.01 Å². The van der Waals surface area contributed by atoms with Crippen LogP contribution in [0.25, 0.3) is 0 Å². The standard InChI is InChI=1S/C10H16N6O2S2/c1-3-8-13-15-10(19-8)16-20(17,18)9-7(5-11-4-2)6-12-14-9/h6,11H,3-5H2,1-2H3,(H,12,14)(H,15,16). The third kappa shape index (κ3) is 3.32. The zero-order valence-corrected chi connectivity index (χ0v) is 12.8. The average Bonchev–Trinajstić information content (AvgIpc) is 3.04. The first kappa shape index (κ1) is 14.9. The molecule has 0 saturated carbocycles. The molecule has 0 saturated heterocycles. The maximum atomic E-state index is 12.3. The molecular formula is C10H16N6O2S2. The number of aryl methyl sites for hydroxylation is 1. The van der Waals surface area contributed by atoms with Gasteiger partial charge >= 0.3 is 0 Å². The maximum absolute atomic E-state index is 12.3. The molecule has 20 heavy (non-hydrogen) atoms. The molecule has 110 valence electrons. The van der Waals surface area contributed by atoms with Crippen molar-refractivity contribution in [2.45, 2.75) is 31.8 Å². The number of sulfonamides is 1. The Morgan fingerprint density at radius 1 is 1.35 bits per heavy atom. The van der Waals surface area contributed by atoms with Gasteiger partial charge in [0, 0.05) is 12.1 Å². The van der Waals surface area contributed by atoms with Gasteiger partial charge in [-0.05, 0) is 13.0 Å². The maximum Gasteiger partial charge on any atom is 0.280 e. The van der Waals surface area contributed by atoms with Crippen LogP contribution in [0.3, 0.4) is 0 Å². The molecule has 2 aromatic heterocycles. The lowest BCUT2D eigenvalue weighted by Crippen LogP contribution is -2.18. The minimum absolute atomic E-state index is 0.0479. The fourth-order valence-corrected chi connectivity index (χ4v) is 3.56. The quantitative estimate of drug-likeness (QED) is 0.694. The second-order valence-corrected chi connectivity index (χ2v) is 6.65. The number of rotatable bonds is 7. The van der Waals surface area contributed by atoms with Crippen molar-refractivity contribution in [2.75, 3.05) is 11.3 Å². The third-order valence-corrected chi connectivity index (χ3v) is 4.97. The number of anilines is 1. The summed E-state index contributed by atoms with van der Waals surface area (Å²) >= 11 is 1.22. The summed E-state index contributed by atoms with van der Waals surface area (Å²) < 4.78 is 27.0.